The van der Waals surface area contributed by atoms with E-state index in [1.165, 1.54) is 24.3 Å². The van der Waals surface area contributed by atoms with Gasteiger partial charge in [-0.25, -0.2) is 0 Å². The van der Waals surface area contributed by atoms with Crippen molar-refractivity contribution in [3.63, 3.8) is 0 Å². The lowest BCUT2D eigenvalue weighted by Crippen LogP contribution is -2.38. The van der Waals surface area contributed by atoms with E-state index < -0.39 is 10.8 Å². The molecule has 2 saturated heterocycles. The van der Waals surface area contributed by atoms with Crippen molar-refractivity contribution in [3.8, 4) is 0 Å². The number of nitro benzene ring substituents is 1. The summed E-state index contributed by atoms with van der Waals surface area (Å²) in [6.45, 7) is 5.56. The van der Waals surface area contributed by atoms with Gasteiger partial charge in [0.05, 0.1) is 10.5 Å². The lowest BCUT2D eigenvalue weighted by molar-refractivity contribution is -0.384. The molecule has 0 atom stereocenters. The number of hydrogen-bond acceptors (Lipinski definition) is 5. The van der Waals surface area contributed by atoms with Crippen LogP contribution in [0.15, 0.2) is 42.5 Å². The van der Waals surface area contributed by atoms with E-state index in [0.717, 1.165) is 64.0 Å². The third-order valence-corrected chi connectivity index (χ3v) is 6.57. The van der Waals surface area contributed by atoms with Crippen LogP contribution in [0.4, 0.5) is 17.1 Å². The number of hydrogen-bond donors (Lipinski definition) is 1. The number of nitro groups is 1. The Morgan fingerprint density at radius 2 is 1.73 bits per heavy atom. The van der Waals surface area contributed by atoms with Crippen molar-refractivity contribution in [1.82, 2.24) is 4.90 Å². The number of likely N-dealkylation sites (tertiary alicyclic amines) is 1. The van der Waals surface area contributed by atoms with Crippen LogP contribution in [-0.4, -0.2) is 47.8 Å². The number of amides is 2. The van der Waals surface area contributed by atoms with Crippen molar-refractivity contribution in [3.05, 3.63) is 63.7 Å². The quantitative estimate of drug-likeness (QED) is 0.526. The monoisotopic (exact) mass is 450 g/mol. The molecule has 8 heteroatoms. The molecule has 2 fully saturated rings. The molecule has 2 aromatic rings. The zero-order valence-electron chi connectivity index (χ0n) is 19.0. The molecule has 0 aliphatic carbocycles. The average Bonchev–Trinajstić information content (AvgIpc) is 2.84. The molecule has 0 spiro atoms. The summed E-state index contributed by atoms with van der Waals surface area (Å²) in [5, 5.41) is 13.8. The molecule has 0 radical (unpaired) electrons. The van der Waals surface area contributed by atoms with Gasteiger partial charge < -0.3 is 15.1 Å². The number of non-ortho nitro benzene ring substituents is 1. The van der Waals surface area contributed by atoms with E-state index in [1.54, 1.807) is 12.1 Å². The lowest BCUT2D eigenvalue weighted by Gasteiger charge is -2.35. The molecule has 2 aliphatic heterocycles. The molecule has 0 unspecified atom stereocenters. The van der Waals surface area contributed by atoms with Crippen LogP contribution in [0.2, 0.25) is 0 Å². The van der Waals surface area contributed by atoms with Crippen molar-refractivity contribution in [2.75, 3.05) is 36.4 Å². The first-order chi connectivity index (χ1) is 15.9. The fourth-order valence-corrected chi connectivity index (χ4v) is 4.54. The summed E-state index contributed by atoms with van der Waals surface area (Å²) >= 11 is 0. The highest BCUT2D eigenvalue weighted by Crippen LogP contribution is 2.30. The Balaban J connectivity index is 1.61. The molecule has 0 saturated carbocycles. The molecule has 2 amide bonds. The summed E-state index contributed by atoms with van der Waals surface area (Å²) in [6.07, 6.45) is 5.32. The van der Waals surface area contributed by atoms with E-state index in [2.05, 4.69) is 17.1 Å². The van der Waals surface area contributed by atoms with Crippen LogP contribution in [0, 0.1) is 16.0 Å². The molecule has 0 aromatic heterocycles. The second-order valence-electron chi connectivity index (χ2n) is 9.02. The minimum absolute atomic E-state index is 0.00484. The summed E-state index contributed by atoms with van der Waals surface area (Å²) in [5.74, 6) is 0.223. The number of nitrogens with zero attached hydrogens (tertiary/aromatic N) is 3. The van der Waals surface area contributed by atoms with E-state index in [4.69, 9.17) is 0 Å². The van der Waals surface area contributed by atoms with Crippen molar-refractivity contribution >= 4 is 28.9 Å². The predicted molar refractivity (Wildman–Crippen MR) is 128 cm³/mol. The van der Waals surface area contributed by atoms with Gasteiger partial charge in [0.15, 0.2) is 0 Å². The molecule has 1 N–H and O–H groups in total. The van der Waals surface area contributed by atoms with Gasteiger partial charge in [0, 0.05) is 55.2 Å². The number of nitrogens with one attached hydrogen (secondary N) is 1. The van der Waals surface area contributed by atoms with Gasteiger partial charge in [-0.15, -0.1) is 0 Å². The molecule has 174 valence electrons. The van der Waals surface area contributed by atoms with Crippen LogP contribution in [-0.2, 0) is 0 Å². The largest absolute Gasteiger partial charge is 0.371 e. The topological polar surface area (TPSA) is 95.8 Å². The number of benzene rings is 2. The second-order valence-corrected chi connectivity index (χ2v) is 9.02. The predicted octanol–water partition coefficient (Wildman–Crippen LogP) is 4.71. The minimum atomic E-state index is -0.527. The second kappa shape index (κ2) is 10.0. The van der Waals surface area contributed by atoms with Gasteiger partial charge >= 0.3 is 0 Å². The van der Waals surface area contributed by atoms with Crippen LogP contribution in [0.3, 0.4) is 0 Å². The van der Waals surface area contributed by atoms with Gasteiger partial charge in [0.1, 0.15) is 0 Å². The standard InChI is InChI=1S/C25H30N4O4/c1-18-10-14-27(15-11-18)23-9-8-20(17-22(23)25(31)28-12-3-2-4-13-28)26-24(30)19-6-5-7-21(16-19)29(32)33/h5-9,16-18H,2-4,10-15H2,1H3,(H,26,30). The molecule has 33 heavy (non-hydrogen) atoms. The smallest absolute Gasteiger partial charge is 0.270 e. The van der Waals surface area contributed by atoms with Gasteiger partial charge in [-0.1, -0.05) is 13.0 Å². The number of anilines is 2. The Morgan fingerprint density at radius 1 is 1.00 bits per heavy atom. The van der Waals surface area contributed by atoms with Gasteiger partial charge in [-0.3, -0.25) is 19.7 Å². The van der Waals surface area contributed by atoms with Crippen LogP contribution in [0.1, 0.15) is 59.7 Å². The van der Waals surface area contributed by atoms with Crippen LogP contribution < -0.4 is 10.2 Å². The normalized spacial score (nSPS) is 17.0. The van der Waals surface area contributed by atoms with E-state index >= 15 is 0 Å². The van der Waals surface area contributed by atoms with Crippen molar-refractivity contribution in [2.24, 2.45) is 5.92 Å². The highest BCUT2D eigenvalue weighted by Gasteiger charge is 2.26. The third-order valence-electron chi connectivity index (χ3n) is 6.57. The van der Waals surface area contributed by atoms with Crippen LogP contribution >= 0.6 is 0 Å². The zero-order chi connectivity index (χ0) is 23.4. The molecular weight excluding hydrogens is 420 g/mol. The van der Waals surface area contributed by atoms with Gasteiger partial charge in [0.2, 0.25) is 0 Å². The Hall–Kier alpha value is -3.42. The van der Waals surface area contributed by atoms with Crippen LogP contribution in [0.25, 0.3) is 0 Å². The Bertz CT molecular complexity index is 1040. The third kappa shape index (κ3) is 5.32. The Labute approximate surface area is 193 Å². The molecular formula is C25H30N4O4. The molecule has 2 aliphatic rings. The molecule has 8 nitrogen and oxygen atoms in total. The average molecular weight is 451 g/mol. The van der Waals surface area contributed by atoms with Gasteiger partial charge in [0.25, 0.3) is 17.5 Å². The summed E-state index contributed by atoms with van der Waals surface area (Å²) in [6, 6.07) is 11.1. The van der Waals surface area contributed by atoms with Gasteiger partial charge in [-0.05, 0) is 62.3 Å². The van der Waals surface area contributed by atoms with Crippen molar-refractivity contribution in [1.29, 1.82) is 0 Å². The fourth-order valence-electron chi connectivity index (χ4n) is 4.54. The lowest BCUT2D eigenvalue weighted by atomic mass is 9.97. The molecule has 0 bridgehead atoms. The van der Waals surface area contributed by atoms with Gasteiger partial charge in [-0.2, -0.15) is 0 Å². The highest BCUT2D eigenvalue weighted by molar-refractivity contribution is 6.06. The number of carbonyl (C=O) groups is 2. The highest BCUT2D eigenvalue weighted by atomic mass is 16.6. The van der Waals surface area contributed by atoms with E-state index in [1.807, 2.05) is 11.0 Å². The number of piperidine rings is 2. The summed E-state index contributed by atoms with van der Waals surface area (Å²) in [7, 11) is 0. The SMILES string of the molecule is CC1CCN(c2ccc(NC(=O)c3cccc([N+](=O)[O-])c3)cc2C(=O)N2CCCCC2)CC1. The Kier molecular flexibility index (Phi) is 6.91. The summed E-state index contributed by atoms with van der Waals surface area (Å²) < 4.78 is 0. The zero-order valence-corrected chi connectivity index (χ0v) is 19.0. The maximum atomic E-state index is 13.5. The van der Waals surface area contributed by atoms with E-state index in [-0.39, 0.29) is 17.2 Å². The first-order valence-electron chi connectivity index (χ1n) is 11.7. The van der Waals surface area contributed by atoms with E-state index in [0.29, 0.717) is 17.2 Å². The number of carbonyl (C=O) groups excluding carboxylic acids is 2. The molecule has 2 aromatic carbocycles. The first kappa shape index (κ1) is 22.8. The summed E-state index contributed by atoms with van der Waals surface area (Å²) in [5.41, 5.74) is 2.07. The minimum Gasteiger partial charge on any atom is -0.371 e. The maximum Gasteiger partial charge on any atom is 0.270 e. The maximum absolute atomic E-state index is 13.5. The van der Waals surface area contributed by atoms with Crippen molar-refractivity contribution < 1.29 is 14.5 Å². The molecule has 2 heterocycles. The van der Waals surface area contributed by atoms with Crippen LogP contribution in [0.5, 0.6) is 0 Å². The number of rotatable bonds is 5. The molecule has 4 rings (SSSR count). The van der Waals surface area contributed by atoms with Crippen molar-refractivity contribution in [2.45, 2.75) is 39.0 Å². The van der Waals surface area contributed by atoms with E-state index in [9.17, 15) is 19.7 Å². The summed E-state index contributed by atoms with van der Waals surface area (Å²) in [4.78, 5) is 40.9. The Morgan fingerprint density at radius 3 is 2.42 bits per heavy atom. The first-order valence-corrected chi connectivity index (χ1v) is 11.7. The fraction of sp³-hybridized carbons (Fsp3) is 0.440.